The molecule has 5 N–H and O–H groups in total. The van der Waals surface area contributed by atoms with Crippen LogP contribution in [0.2, 0.25) is 0 Å². The first-order valence-corrected chi connectivity index (χ1v) is 17.3. The van der Waals surface area contributed by atoms with E-state index < -0.39 is 17.9 Å². The minimum atomic E-state index is -1.20. The fraction of sp³-hybridized carbons (Fsp3) is 0.368. The summed E-state index contributed by atoms with van der Waals surface area (Å²) in [5.41, 5.74) is 6.17. The number of aromatic amines is 2. The van der Waals surface area contributed by atoms with Crippen LogP contribution in [0.1, 0.15) is 56.8 Å². The standard InChI is InChI=1S/C38H41N7O5/c1-22(2)33(44-37(47)48)36(46)45-13-3-4-32(45)35-40-20-31(43-35)28-12-11-26-16-25(9-10-27(26)17-28)23-5-7-24(8-6-23)30-19-39-34(42-30)29-18-38(21-41-29)49-14-15-50-38/h5-12,16-17,19-20,22,29,32-33,41,44H,3-4,13-15,18,21H2,1-2H3,(H,39,42)(H,40,43)(H,47,48)/t29-,32?,33-/m0/s1. The molecule has 3 fully saturated rings. The van der Waals surface area contributed by atoms with E-state index in [2.05, 4.69) is 91.2 Å². The Morgan fingerprint density at radius 2 is 1.50 bits per heavy atom. The minimum Gasteiger partial charge on any atom is -0.465 e. The lowest BCUT2D eigenvalue weighted by molar-refractivity contribution is -0.141. The van der Waals surface area contributed by atoms with Crippen molar-refractivity contribution in [3.63, 3.8) is 0 Å². The highest BCUT2D eigenvalue weighted by atomic mass is 16.7. The third-order valence-corrected chi connectivity index (χ3v) is 10.2. The number of nitrogens with one attached hydrogen (secondary N) is 4. The molecular weight excluding hydrogens is 634 g/mol. The lowest BCUT2D eigenvalue weighted by Gasteiger charge is -2.29. The molecule has 258 valence electrons. The van der Waals surface area contributed by atoms with Crippen molar-refractivity contribution < 1.29 is 24.2 Å². The van der Waals surface area contributed by atoms with E-state index in [1.165, 1.54) is 0 Å². The number of nitrogens with zero attached hydrogens (tertiary/aromatic N) is 3. The number of H-pyrrole nitrogens is 2. The molecule has 12 heteroatoms. The number of amides is 2. The molecule has 1 unspecified atom stereocenters. The van der Waals surface area contributed by atoms with E-state index in [0.29, 0.717) is 32.1 Å². The van der Waals surface area contributed by atoms with Crippen LogP contribution in [0, 0.1) is 5.92 Å². The number of carbonyl (C=O) groups excluding carboxylic acids is 1. The van der Waals surface area contributed by atoms with Gasteiger partial charge in [-0.25, -0.2) is 14.8 Å². The highest BCUT2D eigenvalue weighted by Crippen LogP contribution is 2.37. The van der Waals surface area contributed by atoms with Crippen molar-refractivity contribution in [2.75, 3.05) is 26.3 Å². The average molecular weight is 676 g/mol. The molecule has 5 heterocycles. The number of hydrogen-bond acceptors (Lipinski definition) is 7. The van der Waals surface area contributed by atoms with E-state index in [9.17, 15) is 14.7 Å². The number of aromatic nitrogens is 4. The maximum absolute atomic E-state index is 13.4. The van der Waals surface area contributed by atoms with E-state index in [1.54, 1.807) is 4.90 Å². The second-order valence-corrected chi connectivity index (χ2v) is 13.8. The summed E-state index contributed by atoms with van der Waals surface area (Å²) in [5.74, 6) is 0.699. The van der Waals surface area contributed by atoms with Crippen molar-refractivity contribution >= 4 is 22.8 Å². The van der Waals surface area contributed by atoms with Gasteiger partial charge in [-0.1, -0.05) is 62.4 Å². The monoisotopic (exact) mass is 675 g/mol. The maximum atomic E-state index is 13.4. The van der Waals surface area contributed by atoms with E-state index in [1.807, 2.05) is 26.2 Å². The van der Waals surface area contributed by atoms with Gasteiger partial charge in [0.05, 0.1) is 55.6 Å². The highest BCUT2D eigenvalue weighted by Gasteiger charge is 2.45. The molecular formula is C38H41N7O5. The summed E-state index contributed by atoms with van der Waals surface area (Å²) in [4.78, 5) is 42.7. The van der Waals surface area contributed by atoms with E-state index >= 15 is 0 Å². The highest BCUT2D eigenvalue weighted by molar-refractivity contribution is 5.91. The maximum Gasteiger partial charge on any atom is 0.405 e. The Morgan fingerprint density at radius 3 is 2.22 bits per heavy atom. The molecule has 12 nitrogen and oxygen atoms in total. The first-order chi connectivity index (χ1) is 24.2. The van der Waals surface area contributed by atoms with Crippen molar-refractivity contribution in [2.24, 2.45) is 5.92 Å². The van der Waals surface area contributed by atoms with Crippen LogP contribution >= 0.6 is 0 Å². The summed E-state index contributed by atoms with van der Waals surface area (Å²) in [7, 11) is 0. The van der Waals surface area contributed by atoms with Gasteiger partial charge in [0, 0.05) is 18.5 Å². The van der Waals surface area contributed by atoms with Crippen molar-refractivity contribution in [1.29, 1.82) is 0 Å². The van der Waals surface area contributed by atoms with Crippen molar-refractivity contribution in [1.82, 2.24) is 35.5 Å². The largest absolute Gasteiger partial charge is 0.465 e. The molecule has 8 rings (SSSR count). The molecule has 3 aromatic carbocycles. The molecule has 0 aliphatic carbocycles. The number of benzene rings is 3. The second-order valence-electron chi connectivity index (χ2n) is 13.8. The number of carboxylic acid groups (broad SMARTS) is 1. The lowest BCUT2D eigenvalue weighted by atomic mass is 9.98. The molecule has 0 saturated carbocycles. The summed E-state index contributed by atoms with van der Waals surface area (Å²) in [5, 5.41) is 17.4. The molecule has 0 bridgehead atoms. The molecule has 3 aliphatic rings. The summed E-state index contributed by atoms with van der Waals surface area (Å²) < 4.78 is 11.7. The molecule has 1 spiro atoms. The minimum absolute atomic E-state index is 0.0650. The summed E-state index contributed by atoms with van der Waals surface area (Å²) >= 11 is 0. The first kappa shape index (κ1) is 32.2. The number of carbonyl (C=O) groups is 2. The zero-order valence-corrected chi connectivity index (χ0v) is 28.1. The fourth-order valence-electron chi connectivity index (χ4n) is 7.53. The predicted molar refractivity (Wildman–Crippen MR) is 188 cm³/mol. The van der Waals surface area contributed by atoms with Gasteiger partial charge in [-0.05, 0) is 58.4 Å². The Labute approximate surface area is 289 Å². The van der Waals surface area contributed by atoms with Crippen molar-refractivity contribution in [2.45, 2.75) is 57.0 Å². The number of ether oxygens (including phenoxy) is 2. The smallest absolute Gasteiger partial charge is 0.405 e. The van der Waals surface area contributed by atoms with Gasteiger partial charge in [0.15, 0.2) is 5.79 Å². The fourth-order valence-corrected chi connectivity index (χ4v) is 7.53. The van der Waals surface area contributed by atoms with Crippen LogP contribution in [-0.2, 0) is 14.3 Å². The summed E-state index contributed by atoms with van der Waals surface area (Å²) in [6, 6.07) is 20.4. The number of hydrogen-bond donors (Lipinski definition) is 5. The van der Waals surface area contributed by atoms with Gasteiger partial charge in [-0.3, -0.25) is 4.79 Å². The van der Waals surface area contributed by atoms with Crippen LogP contribution in [0.4, 0.5) is 4.79 Å². The zero-order chi connectivity index (χ0) is 34.4. The Balaban J connectivity index is 0.953. The molecule has 3 saturated heterocycles. The van der Waals surface area contributed by atoms with Gasteiger partial charge < -0.3 is 40.1 Å². The van der Waals surface area contributed by atoms with Crippen LogP contribution in [0.5, 0.6) is 0 Å². The van der Waals surface area contributed by atoms with Crippen molar-refractivity contribution in [3.05, 3.63) is 84.7 Å². The number of likely N-dealkylation sites (tertiary alicyclic amines) is 1. The molecule has 3 aliphatic heterocycles. The third-order valence-electron chi connectivity index (χ3n) is 10.2. The average Bonchev–Trinajstić information content (AvgIpc) is 3.97. The lowest BCUT2D eigenvalue weighted by Crippen LogP contribution is -2.50. The van der Waals surface area contributed by atoms with E-state index in [0.717, 1.165) is 69.5 Å². The summed E-state index contributed by atoms with van der Waals surface area (Å²) in [6.45, 7) is 6.19. The van der Waals surface area contributed by atoms with Gasteiger partial charge in [-0.15, -0.1) is 0 Å². The molecule has 2 amide bonds. The topological polar surface area (TPSA) is 157 Å². The predicted octanol–water partition coefficient (Wildman–Crippen LogP) is 6.02. The van der Waals surface area contributed by atoms with Gasteiger partial charge >= 0.3 is 6.09 Å². The molecule has 50 heavy (non-hydrogen) atoms. The molecule has 5 aromatic rings. The van der Waals surface area contributed by atoms with Crippen LogP contribution in [0.15, 0.2) is 73.1 Å². The SMILES string of the molecule is CC(C)[C@H](NC(=O)O)C(=O)N1CCCC1c1ncc(-c2ccc3cc(-c4ccc(-c5cnc([C@@H]6CC7(CN6)OCCO7)[nH]5)cc4)ccc3c2)[nH]1. The third kappa shape index (κ3) is 6.14. The van der Waals surface area contributed by atoms with E-state index in [-0.39, 0.29) is 23.9 Å². The Hall–Kier alpha value is -5.04. The second kappa shape index (κ2) is 13.0. The Kier molecular flexibility index (Phi) is 8.38. The molecule has 2 aromatic heterocycles. The van der Waals surface area contributed by atoms with Crippen LogP contribution < -0.4 is 10.6 Å². The van der Waals surface area contributed by atoms with Gasteiger partial charge in [0.2, 0.25) is 5.91 Å². The quantitative estimate of drug-likeness (QED) is 0.134. The first-order valence-electron chi connectivity index (χ1n) is 17.3. The molecule has 3 atom stereocenters. The van der Waals surface area contributed by atoms with E-state index in [4.69, 9.17) is 9.47 Å². The Bertz CT molecular complexity index is 2030. The Morgan fingerprint density at radius 1 is 0.880 bits per heavy atom. The number of rotatable bonds is 8. The van der Waals surface area contributed by atoms with Gasteiger partial charge in [-0.2, -0.15) is 0 Å². The van der Waals surface area contributed by atoms with Gasteiger partial charge in [0.25, 0.3) is 0 Å². The molecule has 0 radical (unpaired) electrons. The summed E-state index contributed by atoms with van der Waals surface area (Å²) in [6.07, 6.45) is 4.84. The van der Waals surface area contributed by atoms with Crippen LogP contribution in [0.25, 0.3) is 44.4 Å². The van der Waals surface area contributed by atoms with Crippen molar-refractivity contribution in [3.8, 4) is 33.6 Å². The zero-order valence-electron chi connectivity index (χ0n) is 28.1. The number of imidazole rings is 2. The number of fused-ring (bicyclic) bond motifs is 1. The van der Waals surface area contributed by atoms with Crippen LogP contribution in [-0.4, -0.2) is 80.1 Å². The van der Waals surface area contributed by atoms with Gasteiger partial charge in [0.1, 0.15) is 17.7 Å². The normalized spacial score (nSPS) is 20.7. The van der Waals surface area contributed by atoms with Crippen LogP contribution in [0.3, 0.4) is 0 Å².